The van der Waals surface area contributed by atoms with Crippen molar-refractivity contribution in [3.63, 3.8) is 0 Å². The van der Waals surface area contributed by atoms with Crippen LogP contribution in [0, 0.1) is 0 Å². The Hall–Kier alpha value is -1.22. The van der Waals surface area contributed by atoms with Gasteiger partial charge >= 0.3 is 6.18 Å². The van der Waals surface area contributed by atoms with Crippen LogP contribution in [-0.4, -0.2) is 27.9 Å². The van der Waals surface area contributed by atoms with E-state index in [9.17, 15) is 13.2 Å². The van der Waals surface area contributed by atoms with Gasteiger partial charge in [0.15, 0.2) is 5.16 Å². The number of nitrogens with two attached hydrogens (primary N) is 1. The monoisotopic (exact) mass is 279 g/mol. The SMILES string of the molecule is CSc1nc(NN)cc(NC2(C(F)(F)F)CC2)n1. The third kappa shape index (κ3) is 2.46. The number of hydrazine groups is 1. The van der Waals surface area contributed by atoms with Crippen molar-refractivity contribution in [2.24, 2.45) is 5.84 Å². The lowest BCUT2D eigenvalue weighted by Crippen LogP contribution is -2.39. The molecular weight excluding hydrogens is 267 g/mol. The highest BCUT2D eigenvalue weighted by Crippen LogP contribution is 2.51. The lowest BCUT2D eigenvalue weighted by Gasteiger charge is -2.21. The van der Waals surface area contributed by atoms with Crippen LogP contribution in [0.1, 0.15) is 12.8 Å². The van der Waals surface area contributed by atoms with Crippen molar-refractivity contribution >= 4 is 23.4 Å². The van der Waals surface area contributed by atoms with Crippen LogP contribution in [0.4, 0.5) is 24.8 Å². The van der Waals surface area contributed by atoms with Crippen molar-refractivity contribution in [3.05, 3.63) is 6.07 Å². The summed E-state index contributed by atoms with van der Waals surface area (Å²) in [5.74, 6) is 5.60. The number of nitrogen functional groups attached to an aromatic ring is 1. The minimum atomic E-state index is -4.28. The maximum atomic E-state index is 12.8. The zero-order chi connectivity index (χ0) is 13.4. The highest BCUT2D eigenvalue weighted by Gasteiger charge is 2.63. The molecule has 1 aliphatic carbocycles. The van der Waals surface area contributed by atoms with Gasteiger partial charge in [-0.3, -0.25) is 0 Å². The molecule has 100 valence electrons. The Bertz CT molecular complexity index is 424. The summed E-state index contributed by atoms with van der Waals surface area (Å²) < 4.78 is 38.4. The topological polar surface area (TPSA) is 75.9 Å². The van der Waals surface area contributed by atoms with Crippen molar-refractivity contribution < 1.29 is 13.2 Å². The predicted octanol–water partition coefficient (Wildman–Crippen LogP) is 1.99. The standard InChI is InChI=1S/C9H12F3N5S/c1-18-7-14-5(4-6(15-7)17-13)16-8(2-3-8)9(10,11)12/h4H,2-3,13H2,1H3,(H2,14,15,16,17). The molecule has 0 saturated heterocycles. The zero-order valence-corrected chi connectivity index (χ0v) is 10.3. The molecule has 9 heteroatoms. The maximum Gasteiger partial charge on any atom is 0.411 e. The minimum Gasteiger partial charge on any atom is -0.356 e. The molecule has 4 N–H and O–H groups in total. The summed E-state index contributed by atoms with van der Waals surface area (Å²) in [6.45, 7) is 0. The van der Waals surface area contributed by atoms with Crippen LogP contribution in [0.15, 0.2) is 11.2 Å². The van der Waals surface area contributed by atoms with E-state index in [1.54, 1.807) is 6.26 Å². The number of aromatic nitrogens is 2. The minimum absolute atomic E-state index is 0.0560. The van der Waals surface area contributed by atoms with Gasteiger partial charge in [0.25, 0.3) is 0 Å². The number of hydrogen-bond acceptors (Lipinski definition) is 6. The van der Waals surface area contributed by atoms with Gasteiger partial charge in [0.05, 0.1) is 0 Å². The molecule has 0 unspecified atom stereocenters. The van der Waals surface area contributed by atoms with Gasteiger partial charge in [-0.1, -0.05) is 11.8 Å². The van der Waals surface area contributed by atoms with Gasteiger partial charge in [-0.15, -0.1) is 0 Å². The van der Waals surface area contributed by atoms with Crippen molar-refractivity contribution in [2.45, 2.75) is 29.7 Å². The summed E-state index contributed by atoms with van der Waals surface area (Å²) in [6, 6.07) is 1.35. The van der Waals surface area contributed by atoms with Gasteiger partial charge in [-0.2, -0.15) is 13.2 Å². The second-order valence-electron chi connectivity index (χ2n) is 3.97. The van der Waals surface area contributed by atoms with E-state index in [-0.39, 0.29) is 24.5 Å². The van der Waals surface area contributed by atoms with E-state index < -0.39 is 11.7 Å². The number of halogens is 3. The normalized spacial score (nSPS) is 17.4. The molecule has 18 heavy (non-hydrogen) atoms. The lowest BCUT2D eigenvalue weighted by molar-refractivity contribution is -0.151. The molecule has 1 saturated carbocycles. The van der Waals surface area contributed by atoms with E-state index >= 15 is 0 Å². The van der Waals surface area contributed by atoms with Crippen LogP contribution in [0.2, 0.25) is 0 Å². The fraction of sp³-hybridized carbons (Fsp3) is 0.556. The van der Waals surface area contributed by atoms with Crippen LogP contribution in [0.3, 0.4) is 0 Å². The number of rotatable bonds is 4. The molecule has 0 spiro atoms. The molecule has 0 amide bonds. The zero-order valence-electron chi connectivity index (χ0n) is 9.51. The van der Waals surface area contributed by atoms with Crippen molar-refractivity contribution in [3.8, 4) is 0 Å². The molecule has 2 rings (SSSR count). The number of nitrogens with zero attached hydrogens (tertiary/aromatic N) is 2. The Labute approximate surface area is 106 Å². The maximum absolute atomic E-state index is 12.8. The van der Waals surface area contributed by atoms with Crippen LogP contribution < -0.4 is 16.6 Å². The van der Waals surface area contributed by atoms with Gasteiger partial charge in [0, 0.05) is 6.07 Å². The first-order valence-electron chi connectivity index (χ1n) is 5.15. The summed E-state index contributed by atoms with van der Waals surface area (Å²) in [7, 11) is 0. The van der Waals surface area contributed by atoms with Gasteiger partial charge in [-0.05, 0) is 19.1 Å². The number of hydrogen-bond donors (Lipinski definition) is 3. The highest BCUT2D eigenvalue weighted by atomic mass is 32.2. The third-order valence-corrected chi connectivity index (χ3v) is 3.24. The van der Waals surface area contributed by atoms with E-state index in [2.05, 4.69) is 20.7 Å². The lowest BCUT2D eigenvalue weighted by atomic mass is 10.2. The number of thioether (sulfide) groups is 1. The van der Waals surface area contributed by atoms with Crippen molar-refractivity contribution in [2.75, 3.05) is 17.0 Å². The smallest absolute Gasteiger partial charge is 0.356 e. The Morgan fingerprint density at radius 2 is 1.94 bits per heavy atom. The largest absolute Gasteiger partial charge is 0.411 e. The molecule has 5 nitrogen and oxygen atoms in total. The van der Waals surface area contributed by atoms with E-state index in [1.165, 1.54) is 17.8 Å². The molecule has 0 aromatic carbocycles. The van der Waals surface area contributed by atoms with Crippen LogP contribution in [0.5, 0.6) is 0 Å². The van der Waals surface area contributed by atoms with Crippen LogP contribution >= 0.6 is 11.8 Å². The molecule has 0 radical (unpaired) electrons. The van der Waals surface area contributed by atoms with Gasteiger partial charge in [0.2, 0.25) is 0 Å². The molecular formula is C9H12F3N5S. The first-order valence-corrected chi connectivity index (χ1v) is 6.37. The Balaban J connectivity index is 2.24. The molecule has 1 fully saturated rings. The van der Waals surface area contributed by atoms with Gasteiger partial charge in [-0.25, -0.2) is 15.8 Å². The molecule has 1 heterocycles. The molecule has 0 atom stereocenters. The summed E-state index contributed by atoms with van der Waals surface area (Å²) >= 11 is 1.23. The summed E-state index contributed by atoms with van der Waals surface area (Å²) in [4.78, 5) is 7.96. The van der Waals surface area contributed by atoms with Crippen LogP contribution in [0.25, 0.3) is 0 Å². The van der Waals surface area contributed by atoms with Gasteiger partial charge < -0.3 is 10.7 Å². The molecule has 1 aliphatic rings. The number of anilines is 2. The fourth-order valence-electron chi connectivity index (χ4n) is 1.50. The van der Waals surface area contributed by atoms with E-state index in [0.29, 0.717) is 5.16 Å². The first-order chi connectivity index (χ1) is 8.40. The second kappa shape index (κ2) is 4.47. The van der Waals surface area contributed by atoms with Crippen molar-refractivity contribution in [1.29, 1.82) is 0 Å². The predicted molar refractivity (Wildman–Crippen MR) is 63.3 cm³/mol. The summed E-state index contributed by atoms with van der Waals surface area (Å²) in [5.41, 5.74) is 0.457. The Morgan fingerprint density at radius 1 is 1.33 bits per heavy atom. The summed E-state index contributed by atoms with van der Waals surface area (Å²) in [5, 5.41) is 2.79. The van der Waals surface area contributed by atoms with Gasteiger partial charge in [0.1, 0.15) is 17.2 Å². The number of alkyl halides is 3. The second-order valence-corrected chi connectivity index (χ2v) is 4.75. The van der Waals surface area contributed by atoms with E-state index in [1.807, 2.05) is 0 Å². The quantitative estimate of drug-likeness (QED) is 0.339. The van der Waals surface area contributed by atoms with E-state index in [4.69, 9.17) is 5.84 Å². The number of nitrogens with one attached hydrogen (secondary N) is 2. The van der Waals surface area contributed by atoms with Crippen LogP contribution in [-0.2, 0) is 0 Å². The average molecular weight is 279 g/mol. The Morgan fingerprint density at radius 3 is 2.39 bits per heavy atom. The average Bonchev–Trinajstić information content (AvgIpc) is 3.08. The van der Waals surface area contributed by atoms with E-state index in [0.717, 1.165) is 0 Å². The molecule has 0 aliphatic heterocycles. The Kier molecular flexibility index (Phi) is 3.28. The highest BCUT2D eigenvalue weighted by molar-refractivity contribution is 7.98. The summed E-state index contributed by atoms with van der Waals surface area (Å²) in [6.07, 6.45) is -2.44. The molecule has 1 aromatic heterocycles. The molecule has 0 bridgehead atoms. The fourth-order valence-corrected chi connectivity index (χ4v) is 1.88. The first kappa shape index (κ1) is 13.2. The van der Waals surface area contributed by atoms with Crippen molar-refractivity contribution in [1.82, 2.24) is 9.97 Å². The molecule has 1 aromatic rings. The third-order valence-electron chi connectivity index (χ3n) is 2.70.